The van der Waals surface area contributed by atoms with E-state index in [1.165, 1.54) is 11.1 Å². The van der Waals surface area contributed by atoms with Gasteiger partial charge in [0.1, 0.15) is 17.3 Å². The molecule has 0 bridgehead atoms. The van der Waals surface area contributed by atoms with Crippen molar-refractivity contribution >= 4 is 50.6 Å². The zero-order chi connectivity index (χ0) is 45.9. The van der Waals surface area contributed by atoms with Crippen LogP contribution >= 0.6 is 0 Å². The van der Waals surface area contributed by atoms with E-state index in [1.807, 2.05) is 50.4 Å². The third-order valence-corrected chi connectivity index (χ3v) is 12.6. The number of nitrogens with zero attached hydrogens (tertiary/aromatic N) is 4. The Hall–Kier alpha value is -8.11. The maximum Gasteiger partial charge on any atom is 0.503 e. The maximum atomic E-state index is 9.41. The Morgan fingerprint density at radius 2 is 1.20 bits per heavy atom. The Morgan fingerprint density at radius 1 is 0.545 bits per heavy atom. The van der Waals surface area contributed by atoms with Crippen molar-refractivity contribution in [3.63, 3.8) is 0 Å². The van der Waals surface area contributed by atoms with Crippen molar-refractivity contribution in [1.29, 1.82) is 0 Å². The normalized spacial score (nSPS) is 12.8. The van der Waals surface area contributed by atoms with Crippen LogP contribution in [-0.4, -0.2) is 15.6 Å². The van der Waals surface area contributed by atoms with E-state index < -0.39 is 5.89 Å². The fraction of sp³-hybridized carbons (Fsp3) is 0.115. The number of para-hydroxylation sites is 2. The van der Waals surface area contributed by atoms with Crippen LogP contribution in [-0.2, 0) is 5.41 Å². The van der Waals surface area contributed by atoms with Gasteiger partial charge in [0.2, 0.25) is 11.4 Å². The van der Waals surface area contributed by atoms with E-state index in [2.05, 4.69) is 210 Å². The molecule has 2 aromatic heterocycles. The summed E-state index contributed by atoms with van der Waals surface area (Å²) in [6.07, 6.45) is 1.92. The monoisotopic (exact) mass is 855 g/mol. The molecule has 0 aliphatic carbocycles. The molecule has 10 aromatic rings. The van der Waals surface area contributed by atoms with Crippen LogP contribution in [0.1, 0.15) is 53.0 Å². The fourth-order valence-electron chi connectivity index (χ4n) is 9.35. The van der Waals surface area contributed by atoms with Gasteiger partial charge in [-0.05, 0) is 103 Å². The summed E-state index contributed by atoms with van der Waals surface area (Å²) in [7, 11) is 0. The molecule has 3 heterocycles. The van der Waals surface area contributed by atoms with Crippen molar-refractivity contribution in [1.82, 2.24) is 18.7 Å². The summed E-state index contributed by atoms with van der Waals surface area (Å²) >= 11 is 0. The van der Waals surface area contributed by atoms with Crippen LogP contribution in [0.2, 0.25) is 0 Å². The largest absolute Gasteiger partial charge is 0.503 e. The molecule has 1 aliphatic rings. The highest BCUT2D eigenvalue weighted by atomic mass is 16.5. The number of ether oxygens (including phenoxy) is 1. The molecule has 0 amide bonds. The highest BCUT2D eigenvalue weighted by molar-refractivity contribution is 6.11. The molecule has 0 spiro atoms. The number of hydrogen-bond donors (Lipinski definition) is 0. The molecule has 11 rings (SSSR count). The molecule has 0 atom stereocenters. The Kier molecular flexibility index (Phi) is 9.85. The Morgan fingerprint density at radius 3 is 1.88 bits per heavy atom. The highest BCUT2D eigenvalue weighted by Crippen LogP contribution is 2.47. The lowest BCUT2D eigenvalue weighted by molar-refractivity contribution is 0.483. The first kappa shape index (κ1) is 39.5. The van der Waals surface area contributed by atoms with E-state index in [1.54, 1.807) is 0 Å². The van der Waals surface area contributed by atoms with Gasteiger partial charge < -0.3 is 4.74 Å². The highest BCUT2D eigenvalue weighted by Gasteiger charge is 2.42. The molecular weight excluding hydrogens is 805 g/mol. The molecule has 5 heteroatoms. The van der Waals surface area contributed by atoms with Crippen LogP contribution in [0.4, 0.5) is 22.7 Å². The van der Waals surface area contributed by atoms with Gasteiger partial charge in [0.15, 0.2) is 0 Å². The summed E-state index contributed by atoms with van der Waals surface area (Å²) in [5.41, 5.74) is 14.6. The SMILES string of the molecule is [2H]C(C)(C)c1cccc2c1[N+](c1c(-c3ccccc3)cccc1-c1ccccc1)=C=[N+]2c1cccc(Oc2ccc3c4cc(-c5ccccc5)ccc4n(-c4cc(C(C)(C)C)ccn4)c3c2)c1. The van der Waals surface area contributed by atoms with Crippen LogP contribution < -0.4 is 13.9 Å². The predicted molar refractivity (Wildman–Crippen MR) is 275 cm³/mol. The van der Waals surface area contributed by atoms with Gasteiger partial charge in [-0.25, -0.2) is 4.98 Å². The number of benzene rings is 8. The topological polar surface area (TPSA) is 33.1 Å². The molecule has 0 fully saturated rings. The summed E-state index contributed by atoms with van der Waals surface area (Å²) in [4.78, 5) is 4.95. The lowest BCUT2D eigenvalue weighted by Crippen LogP contribution is -2.12. The number of aromatic nitrogens is 2. The van der Waals surface area contributed by atoms with Gasteiger partial charge in [-0.1, -0.05) is 156 Å². The zero-order valence-corrected chi connectivity index (χ0v) is 37.8. The van der Waals surface area contributed by atoms with Crippen molar-refractivity contribution in [2.45, 2.75) is 45.9 Å². The first-order chi connectivity index (χ1) is 32.5. The molecule has 318 valence electrons. The number of rotatable bonds is 9. The molecule has 0 N–H and O–H groups in total. The van der Waals surface area contributed by atoms with Gasteiger partial charge in [0, 0.05) is 42.1 Å². The zero-order valence-electron chi connectivity index (χ0n) is 38.8. The molecule has 0 unspecified atom stereocenters. The van der Waals surface area contributed by atoms with Gasteiger partial charge in [0.05, 0.1) is 28.2 Å². The van der Waals surface area contributed by atoms with Crippen molar-refractivity contribution < 1.29 is 6.11 Å². The van der Waals surface area contributed by atoms with E-state index >= 15 is 0 Å². The van der Waals surface area contributed by atoms with Gasteiger partial charge in [-0.15, -0.1) is 0 Å². The minimum atomic E-state index is -0.908. The third-order valence-electron chi connectivity index (χ3n) is 12.6. The minimum absolute atomic E-state index is 0.0492. The van der Waals surface area contributed by atoms with Gasteiger partial charge in [-0.2, -0.15) is 0 Å². The fourth-order valence-corrected chi connectivity index (χ4v) is 9.35. The first-order valence-electron chi connectivity index (χ1n) is 23.1. The molecular formula is C61H50N4O+2. The number of fused-ring (bicyclic) bond motifs is 4. The number of hydrogen-bond acceptors (Lipinski definition) is 2. The van der Waals surface area contributed by atoms with Crippen LogP contribution in [0.5, 0.6) is 11.5 Å². The molecule has 1 aliphatic heterocycles. The molecule has 0 saturated heterocycles. The third kappa shape index (κ3) is 7.30. The second-order valence-corrected chi connectivity index (χ2v) is 18.2. The van der Waals surface area contributed by atoms with E-state index in [0.717, 1.165) is 83.8 Å². The van der Waals surface area contributed by atoms with Gasteiger partial charge >= 0.3 is 11.7 Å². The standard InChI is InChI=1S/C61H50N4O/c1-41(2)50-26-17-29-56-60(50)64(59-51(43-20-11-7-12-21-43)27-16-28-52(59)44-22-13-8-14-23-44)40-63(56)47-24-15-25-48(38-47)66-49-31-32-53-54-36-45(42-18-9-6-10-19-42)30-33-55(54)65(57(53)39-49)58-37-46(34-35-62-58)61(3,4)5/h6-39,41H,1-5H3/q+2/i41D. The second-order valence-electron chi connectivity index (χ2n) is 18.2. The summed E-state index contributed by atoms with van der Waals surface area (Å²) in [5.74, 6) is 1.35. The second kappa shape index (κ2) is 16.5. The minimum Gasteiger partial charge on any atom is -0.457 e. The molecule has 0 radical (unpaired) electrons. The lowest BCUT2D eigenvalue weighted by Gasteiger charge is -2.20. The average Bonchev–Trinajstić information content (AvgIpc) is 3.90. The van der Waals surface area contributed by atoms with E-state index in [4.69, 9.17) is 9.72 Å². The van der Waals surface area contributed by atoms with Crippen LogP contribution in [0.25, 0.3) is 61.0 Å². The van der Waals surface area contributed by atoms with Crippen LogP contribution in [0.15, 0.2) is 206 Å². The smallest absolute Gasteiger partial charge is 0.457 e. The van der Waals surface area contributed by atoms with Crippen molar-refractivity contribution in [3.8, 4) is 50.7 Å². The van der Waals surface area contributed by atoms with Gasteiger partial charge in [-0.3, -0.25) is 4.57 Å². The lowest BCUT2D eigenvalue weighted by atomic mass is 9.88. The first-order valence-corrected chi connectivity index (χ1v) is 22.6. The van der Waals surface area contributed by atoms with Gasteiger partial charge in [0.25, 0.3) is 5.69 Å². The molecule has 0 saturated carbocycles. The molecule has 5 nitrogen and oxygen atoms in total. The van der Waals surface area contributed by atoms with E-state index in [0.29, 0.717) is 11.5 Å². The van der Waals surface area contributed by atoms with Crippen molar-refractivity contribution in [2.24, 2.45) is 0 Å². The Bertz CT molecular complexity index is 3540. The van der Waals surface area contributed by atoms with E-state index in [9.17, 15) is 1.37 Å². The Labute approximate surface area is 387 Å². The molecule has 66 heavy (non-hydrogen) atoms. The summed E-state index contributed by atoms with van der Waals surface area (Å²) in [6.45, 7) is 10.6. The van der Waals surface area contributed by atoms with Crippen molar-refractivity contribution in [3.05, 3.63) is 218 Å². The maximum absolute atomic E-state index is 9.41. The van der Waals surface area contributed by atoms with E-state index in [-0.39, 0.29) is 5.41 Å². The van der Waals surface area contributed by atoms with Crippen LogP contribution in [0, 0.1) is 0 Å². The van der Waals surface area contributed by atoms with Crippen LogP contribution in [0.3, 0.4) is 0 Å². The quantitative estimate of drug-likeness (QED) is 0.136. The predicted octanol–water partition coefficient (Wildman–Crippen LogP) is 16.2. The summed E-state index contributed by atoms with van der Waals surface area (Å²) in [6, 6.07) is 73.7. The number of pyridine rings is 1. The summed E-state index contributed by atoms with van der Waals surface area (Å²) < 4.78 is 22.8. The molecule has 8 aromatic carbocycles. The van der Waals surface area contributed by atoms with Crippen molar-refractivity contribution in [2.75, 3.05) is 0 Å². The average molecular weight is 856 g/mol. The summed E-state index contributed by atoms with van der Waals surface area (Å²) in [5, 5.41) is 2.27. The Balaban J connectivity index is 1.07.